The Morgan fingerprint density at radius 1 is 1.41 bits per heavy atom. The fourth-order valence-electron chi connectivity index (χ4n) is 2.05. The highest BCUT2D eigenvalue weighted by Crippen LogP contribution is 2.27. The molecule has 0 saturated carbocycles. The fraction of sp³-hybridized carbons (Fsp3) is 0.375. The van der Waals surface area contributed by atoms with Crippen LogP contribution in [0.2, 0.25) is 5.02 Å². The molecule has 6 heteroatoms. The van der Waals surface area contributed by atoms with E-state index in [0.717, 1.165) is 11.3 Å². The van der Waals surface area contributed by atoms with Gasteiger partial charge in [0.05, 0.1) is 28.9 Å². The molecule has 2 rings (SSSR count). The molecule has 1 N–H and O–H groups in total. The molecule has 5 nitrogen and oxygen atoms in total. The first-order chi connectivity index (χ1) is 10.4. The number of amides is 1. The van der Waals surface area contributed by atoms with E-state index < -0.39 is 0 Å². The van der Waals surface area contributed by atoms with Gasteiger partial charge in [-0.3, -0.25) is 4.79 Å². The SMILES string of the molecule is Cc1noc(C)c1CC(=O)Nc1ccc(OC(C)C)cc1Cl. The smallest absolute Gasteiger partial charge is 0.229 e. The van der Waals surface area contributed by atoms with Crippen molar-refractivity contribution in [1.82, 2.24) is 5.16 Å². The molecule has 0 aliphatic carbocycles. The van der Waals surface area contributed by atoms with E-state index in [9.17, 15) is 4.79 Å². The van der Waals surface area contributed by atoms with Gasteiger partial charge in [0.1, 0.15) is 11.5 Å². The van der Waals surface area contributed by atoms with Gasteiger partial charge < -0.3 is 14.6 Å². The number of hydrogen-bond acceptors (Lipinski definition) is 4. The van der Waals surface area contributed by atoms with Crippen LogP contribution in [0.25, 0.3) is 0 Å². The van der Waals surface area contributed by atoms with Gasteiger partial charge >= 0.3 is 0 Å². The minimum absolute atomic E-state index is 0.0658. The lowest BCUT2D eigenvalue weighted by Crippen LogP contribution is -2.15. The molecule has 1 heterocycles. The molecule has 0 saturated heterocycles. The average molecular weight is 323 g/mol. The van der Waals surface area contributed by atoms with Crippen molar-refractivity contribution in [2.45, 2.75) is 40.2 Å². The number of carbonyl (C=O) groups is 1. The van der Waals surface area contributed by atoms with Crippen molar-refractivity contribution in [1.29, 1.82) is 0 Å². The number of halogens is 1. The average Bonchev–Trinajstić information content (AvgIpc) is 2.73. The van der Waals surface area contributed by atoms with Gasteiger partial charge in [0.25, 0.3) is 0 Å². The quantitative estimate of drug-likeness (QED) is 0.906. The highest BCUT2D eigenvalue weighted by molar-refractivity contribution is 6.33. The van der Waals surface area contributed by atoms with E-state index in [1.807, 2.05) is 20.8 Å². The summed E-state index contributed by atoms with van der Waals surface area (Å²) < 4.78 is 10.6. The summed E-state index contributed by atoms with van der Waals surface area (Å²) in [5, 5.41) is 7.06. The van der Waals surface area contributed by atoms with Crippen LogP contribution in [0, 0.1) is 13.8 Å². The fourth-order valence-corrected chi connectivity index (χ4v) is 2.27. The van der Waals surface area contributed by atoms with Crippen LogP contribution in [0.15, 0.2) is 22.7 Å². The normalized spacial score (nSPS) is 10.8. The Labute approximate surface area is 134 Å². The predicted octanol–water partition coefficient (Wildman–Crippen LogP) is 3.91. The first-order valence-electron chi connectivity index (χ1n) is 7.04. The topological polar surface area (TPSA) is 64.4 Å². The van der Waals surface area contributed by atoms with Crippen LogP contribution in [0.3, 0.4) is 0 Å². The maximum atomic E-state index is 12.1. The zero-order valence-electron chi connectivity index (χ0n) is 13.1. The number of benzene rings is 1. The first-order valence-corrected chi connectivity index (χ1v) is 7.42. The summed E-state index contributed by atoms with van der Waals surface area (Å²) in [5.41, 5.74) is 2.07. The highest BCUT2D eigenvalue weighted by Gasteiger charge is 2.14. The molecule has 0 fully saturated rings. The van der Waals surface area contributed by atoms with Crippen molar-refractivity contribution in [2.75, 3.05) is 5.32 Å². The number of anilines is 1. The van der Waals surface area contributed by atoms with Crippen LogP contribution in [0.5, 0.6) is 5.75 Å². The molecule has 0 aliphatic rings. The molecule has 118 valence electrons. The summed E-state index contributed by atoms with van der Waals surface area (Å²) in [4.78, 5) is 12.1. The Hall–Kier alpha value is -2.01. The molecular weight excluding hydrogens is 304 g/mol. The Morgan fingerprint density at radius 2 is 2.14 bits per heavy atom. The number of rotatable bonds is 5. The summed E-state index contributed by atoms with van der Waals surface area (Å²) in [6.45, 7) is 7.47. The summed E-state index contributed by atoms with van der Waals surface area (Å²) in [5.74, 6) is 1.15. The Kier molecular flexibility index (Phi) is 5.08. The second kappa shape index (κ2) is 6.83. The van der Waals surface area contributed by atoms with Gasteiger partial charge in [-0.05, 0) is 39.8 Å². The van der Waals surface area contributed by atoms with Crippen LogP contribution >= 0.6 is 11.6 Å². The molecule has 1 amide bonds. The summed E-state index contributed by atoms with van der Waals surface area (Å²) in [7, 11) is 0. The van der Waals surface area contributed by atoms with E-state index in [2.05, 4.69) is 10.5 Å². The molecule has 2 aromatic rings. The molecule has 0 radical (unpaired) electrons. The van der Waals surface area contributed by atoms with E-state index in [0.29, 0.717) is 22.2 Å². The van der Waals surface area contributed by atoms with E-state index in [1.165, 1.54) is 0 Å². The minimum atomic E-state index is -0.172. The van der Waals surface area contributed by atoms with Crippen molar-refractivity contribution in [3.8, 4) is 5.75 Å². The lowest BCUT2D eigenvalue weighted by Gasteiger charge is -2.12. The Morgan fingerprint density at radius 3 is 2.68 bits per heavy atom. The van der Waals surface area contributed by atoms with E-state index in [4.69, 9.17) is 20.9 Å². The molecule has 22 heavy (non-hydrogen) atoms. The molecular formula is C16H19ClN2O3. The Bertz CT molecular complexity index is 661. The standard InChI is InChI=1S/C16H19ClN2O3/c1-9(2)21-12-5-6-15(14(17)7-12)18-16(20)8-13-10(3)19-22-11(13)4/h5-7,9H,8H2,1-4H3,(H,18,20). The molecule has 1 aromatic heterocycles. The van der Waals surface area contributed by atoms with Crippen LogP contribution in [0.1, 0.15) is 30.9 Å². The van der Waals surface area contributed by atoms with Crippen LogP contribution in [-0.4, -0.2) is 17.2 Å². The van der Waals surface area contributed by atoms with Gasteiger partial charge in [0.15, 0.2) is 0 Å². The summed E-state index contributed by atoms with van der Waals surface area (Å²) in [6, 6.07) is 5.19. The van der Waals surface area contributed by atoms with Crippen molar-refractivity contribution < 1.29 is 14.1 Å². The largest absolute Gasteiger partial charge is 0.491 e. The Balaban J connectivity index is 2.06. The second-order valence-electron chi connectivity index (χ2n) is 5.34. The number of aromatic nitrogens is 1. The third-order valence-electron chi connectivity index (χ3n) is 3.10. The third-order valence-corrected chi connectivity index (χ3v) is 3.42. The van der Waals surface area contributed by atoms with Crippen LogP contribution in [-0.2, 0) is 11.2 Å². The number of ether oxygens (including phenoxy) is 1. The number of hydrogen-bond donors (Lipinski definition) is 1. The molecule has 0 atom stereocenters. The number of nitrogens with one attached hydrogen (secondary N) is 1. The van der Waals surface area contributed by atoms with E-state index >= 15 is 0 Å². The van der Waals surface area contributed by atoms with Gasteiger partial charge in [0, 0.05) is 11.6 Å². The van der Waals surface area contributed by atoms with Crippen LogP contribution in [0.4, 0.5) is 5.69 Å². The van der Waals surface area contributed by atoms with Crippen molar-refractivity contribution in [3.05, 3.63) is 40.2 Å². The number of aryl methyl sites for hydroxylation is 2. The van der Waals surface area contributed by atoms with Gasteiger partial charge in [-0.2, -0.15) is 0 Å². The minimum Gasteiger partial charge on any atom is -0.491 e. The maximum Gasteiger partial charge on any atom is 0.229 e. The number of nitrogens with zero attached hydrogens (tertiary/aromatic N) is 1. The van der Waals surface area contributed by atoms with Crippen molar-refractivity contribution in [2.24, 2.45) is 0 Å². The van der Waals surface area contributed by atoms with Crippen LogP contribution < -0.4 is 10.1 Å². The molecule has 0 aliphatic heterocycles. The monoisotopic (exact) mass is 322 g/mol. The number of carbonyl (C=O) groups excluding carboxylic acids is 1. The summed E-state index contributed by atoms with van der Waals surface area (Å²) >= 11 is 6.18. The predicted molar refractivity (Wildman–Crippen MR) is 85.5 cm³/mol. The molecule has 0 spiro atoms. The maximum absolute atomic E-state index is 12.1. The first kappa shape index (κ1) is 16.4. The summed E-state index contributed by atoms with van der Waals surface area (Å²) in [6.07, 6.45) is 0.262. The van der Waals surface area contributed by atoms with Crippen molar-refractivity contribution in [3.63, 3.8) is 0 Å². The highest BCUT2D eigenvalue weighted by atomic mass is 35.5. The lowest BCUT2D eigenvalue weighted by atomic mass is 10.1. The van der Waals surface area contributed by atoms with Gasteiger partial charge in [-0.25, -0.2) is 0 Å². The van der Waals surface area contributed by atoms with E-state index in [1.54, 1.807) is 25.1 Å². The molecule has 0 unspecified atom stereocenters. The molecule has 0 bridgehead atoms. The zero-order valence-corrected chi connectivity index (χ0v) is 13.8. The lowest BCUT2D eigenvalue weighted by molar-refractivity contribution is -0.115. The van der Waals surface area contributed by atoms with E-state index in [-0.39, 0.29) is 18.4 Å². The van der Waals surface area contributed by atoms with Gasteiger partial charge in [-0.1, -0.05) is 16.8 Å². The zero-order chi connectivity index (χ0) is 16.3. The van der Waals surface area contributed by atoms with Crippen molar-refractivity contribution >= 4 is 23.2 Å². The van der Waals surface area contributed by atoms with Gasteiger partial charge in [-0.15, -0.1) is 0 Å². The third kappa shape index (κ3) is 4.01. The van der Waals surface area contributed by atoms with Gasteiger partial charge in [0.2, 0.25) is 5.91 Å². The molecule has 1 aromatic carbocycles. The second-order valence-corrected chi connectivity index (χ2v) is 5.74.